The number of hydrogen-bond donors (Lipinski definition) is 10. The van der Waals surface area contributed by atoms with Gasteiger partial charge in [-0.1, -0.05) is 86.2 Å². The van der Waals surface area contributed by atoms with Crippen molar-refractivity contribution in [1.29, 1.82) is 26.3 Å². The van der Waals surface area contributed by atoms with E-state index in [1.807, 2.05) is 147 Å². The van der Waals surface area contributed by atoms with E-state index < -0.39 is 5.91 Å². The standard InChI is InChI=1S/C24H22N6O.C20H15N3O2.C16H18N6O.C14H14N4O.C13H12N4O.C12H13N7O2/c1-16-7-9-17(10-8-16)21-20(14-19(26-2)18-6-3-4-11-27-18)30(12-5-13-31)24-22(21)23(25)28-15-29-24;1-2-18(24)15(11-21)10-13-5-3-6-14(9-13)19(25)17-12-23-20-16(17)7-4-8-22-20;1-2-13(23)12(8-17)7-11-3-5-22(6-4-11)16-14-15(19-9-18-14)20-10-21-16;1-9(2)17-14(19)11(7-15)5-10-3-4-13-12(6-10)8-16-18-13;1-17(2)13(18)10(7-14)5-9-3-4-12-11(6-9)8-15-16-12;13-5-7(11(15)21)4-8-18-9-10(14)16-6-17-12(9)19(8)2-1-3-20/h3-4,6-11,14-15,31H,5,12-13H2,1H3,(H2,25,28,29);3-10,12H,2H2,1H3,(H,22,23);7,9-11H,2-6H2,1H3,(H,18,19,20,21);3-6,8-9H,1-2H3,(H,16,18)(H,17,19);3-6,8H,1-2H3,(H,15,16);4,6,20H,1-3H2,(H2,15,21)(H2,14,16,17)/b19-14-;15-10+;12-7+;11-5+;10-5+;7-4+. The summed E-state index contributed by atoms with van der Waals surface area (Å²) in [5.41, 5.74) is 31.0. The molecule has 0 spiro atoms. The first kappa shape index (κ1) is 99.1. The molecule has 0 atom stereocenters. The normalized spacial score (nSPS) is 12.3. The number of nitrogens with zero attached hydrogens (tertiary/aromatic N) is 22. The lowest BCUT2D eigenvalue weighted by molar-refractivity contribution is -0.124. The monoisotopic (exact) mass is 1830 g/mol. The molecule has 688 valence electrons. The SMILES string of the molecule is CC(C)NC(=O)/C(C#N)=C/c1ccc2[nH]ncc2c1.CCC(=O)/C(C#N)=C/C1CCN(c2ncnc3nc[nH]c23)CC1.CCC(=O)/C(C#N)=C/c1cccc(C(=O)c2c[nH]c3ncccc23)c1.CN(C)C(=O)/C(C#N)=C/c1ccc2[nH]ncc2c1.N#C/C(=C\c1nc2c(N)ncnc2n1CCCO)C(N)=O.[C-]#[N+]/C(=C\c1c(-c2ccc(C)cc2)c2c(N)ncnc2n1CCCO)c1ccccn1. The molecule has 15 aromatic rings. The molecule has 38 heteroatoms. The molecule has 11 aromatic heterocycles. The number of nitrogens with one attached hydrogen (secondary N) is 5. The minimum atomic E-state index is -0.850. The molecule has 3 amide bonds. The number of anilines is 3. The van der Waals surface area contributed by atoms with E-state index in [0.717, 1.165) is 103 Å². The molecule has 4 aromatic carbocycles. The van der Waals surface area contributed by atoms with Gasteiger partial charge in [-0.3, -0.25) is 43.9 Å². The molecule has 0 saturated carbocycles. The minimum absolute atomic E-state index is 0.000559. The number of carbonyl (C=O) groups is 6. The molecule has 1 saturated heterocycles. The average molecular weight is 1830 g/mol. The lowest BCUT2D eigenvalue weighted by Crippen LogP contribution is -2.34. The first-order valence-corrected chi connectivity index (χ1v) is 43.0. The summed E-state index contributed by atoms with van der Waals surface area (Å²) >= 11 is 0. The predicted molar refractivity (Wildman–Crippen MR) is 519 cm³/mol. The molecule has 13 N–H and O–H groups in total. The Morgan fingerprint density at radius 3 is 1.85 bits per heavy atom. The number of allylic oxidation sites excluding steroid dienone is 3. The minimum Gasteiger partial charge on any atom is -0.396 e. The van der Waals surface area contributed by atoms with Gasteiger partial charge in [-0.25, -0.2) is 49.7 Å². The number of aromatic nitrogens is 18. The van der Waals surface area contributed by atoms with Gasteiger partial charge in [0.15, 0.2) is 45.8 Å². The van der Waals surface area contributed by atoms with Gasteiger partial charge in [0.25, 0.3) is 17.7 Å². The number of nitrogens with two attached hydrogens (primary N) is 3. The summed E-state index contributed by atoms with van der Waals surface area (Å²) < 4.78 is 3.64. The second-order valence-corrected chi connectivity index (χ2v) is 31.0. The Morgan fingerprint density at radius 2 is 1.24 bits per heavy atom. The quantitative estimate of drug-likeness (QED) is 0.0110. The molecular formula is C99H94N30O8. The highest BCUT2D eigenvalue weighted by Crippen LogP contribution is 2.40. The molecule has 0 unspecified atom stereocenters. The number of nitrogen functional groups attached to an aromatic ring is 2. The number of piperidine rings is 1. The third-order valence-corrected chi connectivity index (χ3v) is 21.1. The number of likely N-dealkylation sites (N-methyl/N-ethyl adjacent to an activating group) is 1. The number of imidazole rings is 2. The molecule has 1 aliphatic rings. The van der Waals surface area contributed by atoms with E-state index >= 15 is 0 Å². The summed E-state index contributed by atoms with van der Waals surface area (Å²) in [4.78, 5) is 126. The van der Waals surface area contributed by atoms with Gasteiger partial charge >= 0.3 is 0 Å². The van der Waals surface area contributed by atoms with Gasteiger partial charge in [0.05, 0.1) is 58.6 Å². The van der Waals surface area contributed by atoms with Gasteiger partial charge in [0, 0.05) is 136 Å². The van der Waals surface area contributed by atoms with Crippen LogP contribution in [-0.4, -0.2) is 186 Å². The number of primary amides is 1. The third-order valence-electron chi connectivity index (χ3n) is 21.1. The maximum atomic E-state index is 12.8. The van der Waals surface area contributed by atoms with Crippen LogP contribution in [0.5, 0.6) is 0 Å². The maximum absolute atomic E-state index is 12.8. The van der Waals surface area contributed by atoms with Crippen LogP contribution in [0.25, 0.3) is 118 Å². The fourth-order valence-electron chi connectivity index (χ4n) is 14.3. The largest absolute Gasteiger partial charge is 0.396 e. The van der Waals surface area contributed by atoms with E-state index in [9.17, 15) is 33.9 Å². The van der Waals surface area contributed by atoms with Crippen molar-refractivity contribution < 1.29 is 39.0 Å². The highest BCUT2D eigenvalue weighted by atomic mass is 16.3. The molecule has 1 aliphatic heterocycles. The number of pyridine rings is 2. The van der Waals surface area contributed by atoms with Crippen LogP contribution in [0.15, 0.2) is 205 Å². The first-order valence-electron chi connectivity index (χ1n) is 43.0. The van der Waals surface area contributed by atoms with Crippen molar-refractivity contribution in [2.45, 2.75) is 92.3 Å². The smallest absolute Gasteiger partial charge is 0.264 e. The van der Waals surface area contributed by atoms with Crippen LogP contribution in [-0.2, 0) is 37.1 Å². The van der Waals surface area contributed by atoms with Gasteiger partial charge < -0.3 is 61.6 Å². The zero-order valence-electron chi connectivity index (χ0n) is 75.7. The zero-order chi connectivity index (χ0) is 98.2. The van der Waals surface area contributed by atoms with E-state index in [0.29, 0.717) is 106 Å². The van der Waals surface area contributed by atoms with Crippen LogP contribution in [0.2, 0.25) is 0 Å². The number of aromatic amines is 4. The van der Waals surface area contributed by atoms with Gasteiger partial charge in [0.1, 0.15) is 94.5 Å². The summed E-state index contributed by atoms with van der Waals surface area (Å²) in [7, 11) is 3.24. The van der Waals surface area contributed by atoms with E-state index in [-0.39, 0.29) is 88.9 Å². The molecule has 16 rings (SSSR count). The third kappa shape index (κ3) is 25.2. The van der Waals surface area contributed by atoms with Crippen LogP contribution in [0, 0.1) is 76.1 Å². The number of aliphatic hydroxyl groups is 2. The Bertz CT molecular complexity index is 7440. The summed E-state index contributed by atoms with van der Waals surface area (Å²) in [6.07, 6.45) is 27.3. The number of H-pyrrole nitrogens is 4. The topological polar surface area (TPSA) is 590 Å². The van der Waals surface area contributed by atoms with Crippen LogP contribution in [0.1, 0.15) is 122 Å². The second kappa shape index (κ2) is 47.9. The predicted octanol–water partition coefficient (Wildman–Crippen LogP) is 12.6. The van der Waals surface area contributed by atoms with Crippen LogP contribution < -0.4 is 27.4 Å². The number of aliphatic hydroxyl groups excluding tert-OH is 2. The van der Waals surface area contributed by atoms with Crippen LogP contribution in [0.3, 0.4) is 0 Å². The Morgan fingerprint density at radius 1 is 0.635 bits per heavy atom. The summed E-state index contributed by atoms with van der Waals surface area (Å²) in [6, 6.07) is 44.8. The van der Waals surface area contributed by atoms with Crippen LogP contribution >= 0.6 is 0 Å². The molecule has 137 heavy (non-hydrogen) atoms. The van der Waals surface area contributed by atoms with Crippen molar-refractivity contribution in [3.8, 4) is 41.5 Å². The number of aryl methyl sites for hydroxylation is 3. The Labute approximate surface area is 785 Å². The highest BCUT2D eigenvalue weighted by Gasteiger charge is 2.26. The maximum Gasteiger partial charge on any atom is 0.264 e. The summed E-state index contributed by atoms with van der Waals surface area (Å²) in [5.74, 6) is 0.0419. The Kier molecular flexibility index (Phi) is 34.6. The van der Waals surface area contributed by atoms with E-state index in [1.54, 1.807) is 118 Å². The van der Waals surface area contributed by atoms with Gasteiger partial charge in [-0.15, -0.1) is 0 Å². The van der Waals surface area contributed by atoms with Crippen molar-refractivity contribution in [1.82, 2.24) is 99.6 Å². The highest BCUT2D eigenvalue weighted by molar-refractivity contribution is 6.16. The summed E-state index contributed by atoms with van der Waals surface area (Å²) in [6.45, 7) is 19.6. The van der Waals surface area contributed by atoms with Gasteiger partial charge in [-0.05, 0) is 154 Å². The van der Waals surface area contributed by atoms with E-state index in [4.69, 9.17) is 55.2 Å². The Hall–Kier alpha value is -18.5. The van der Waals surface area contributed by atoms with Gasteiger partial charge in [0.2, 0.25) is 5.70 Å². The average Bonchev–Trinajstić information content (AvgIpc) is 1.59. The molecule has 1 fully saturated rings. The number of rotatable bonds is 25. The van der Waals surface area contributed by atoms with E-state index in [2.05, 4.69) is 95.3 Å². The molecule has 38 nitrogen and oxygen atoms in total. The number of ketones is 3. The van der Waals surface area contributed by atoms with E-state index in [1.165, 1.54) is 36.0 Å². The number of hydrogen-bond acceptors (Lipinski definition) is 28. The number of fused-ring (bicyclic) bond motifs is 6. The molecule has 0 aliphatic carbocycles. The lowest BCUT2D eigenvalue weighted by Gasteiger charge is -2.31. The number of carbonyl (C=O) groups excluding carboxylic acids is 6. The summed E-state index contributed by atoms with van der Waals surface area (Å²) in [5, 5.41) is 83.2. The molecule has 12 heterocycles. The van der Waals surface area contributed by atoms with Crippen molar-refractivity contribution in [3.63, 3.8) is 0 Å². The number of Topliss-reactive ketones (excluding diaryl/α,β-unsaturated/α-hetero) is 2. The molecular weight excluding hydrogens is 1740 g/mol. The first-order chi connectivity index (χ1) is 66.3. The second-order valence-electron chi connectivity index (χ2n) is 31.0. The number of nitriles is 5. The van der Waals surface area contributed by atoms with Crippen molar-refractivity contribution in [2.75, 3.05) is 56.8 Å². The molecule has 0 radical (unpaired) electrons. The zero-order valence-corrected chi connectivity index (χ0v) is 75.7. The fraction of sp³-hybridized carbons (Fsp3) is 0.212. The molecule has 0 bridgehead atoms. The van der Waals surface area contributed by atoms with Crippen molar-refractivity contribution in [2.24, 2.45) is 11.7 Å². The number of benzene rings is 4. The Balaban J connectivity index is 0.000000159. The van der Waals surface area contributed by atoms with Crippen LogP contribution in [0.4, 0.5) is 17.5 Å². The van der Waals surface area contributed by atoms with Crippen molar-refractivity contribution >= 4 is 155 Å². The number of amides is 3. The van der Waals surface area contributed by atoms with Crippen molar-refractivity contribution in [3.05, 3.63) is 268 Å². The lowest BCUT2D eigenvalue weighted by atomic mass is 9.93. The van der Waals surface area contributed by atoms with Gasteiger partial charge in [-0.2, -0.15) is 36.5 Å². The fourth-order valence-corrected chi connectivity index (χ4v) is 14.3.